The van der Waals surface area contributed by atoms with E-state index in [4.69, 9.17) is 11.6 Å². The topological polar surface area (TPSA) is 61.8 Å². The lowest BCUT2D eigenvalue weighted by Crippen LogP contribution is -2.30. The van der Waals surface area contributed by atoms with Gasteiger partial charge in [-0.05, 0) is 13.3 Å². The van der Waals surface area contributed by atoms with Gasteiger partial charge in [0, 0.05) is 11.5 Å². The molecule has 0 fully saturated rings. The maximum Gasteiger partial charge on any atom is 0.367 e. The van der Waals surface area contributed by atoms with Gasteiger partial charge in [-0.2, -0.15) is 0 Å². The van der Waals surface area contributed by atoms with Crippen LogP contribution in [0.5, 0.6) is 0 Å². The van der Waals surface area contributed by atoms with Crippen molar-refractivity contribution in [2.45, 2.75) is 38.5 Å². The first-order valence-corrected chi connectivity index (χ1v) is 4.59. The molecular formula is C8H13ClO5. The second kappa shape index (κ2) is 5.82. The molecule has 0 bridgehead atoms. The fraction of sp³-hybridized carbons (Fsp3) is 0.750. The van der Waals surface area contributed by atoms with Crippen LogP contribution >= 0.6 is 11.6 Å². The van der Waals surface area contributed by atoms with Crippen molar-refractivity contribution in [1.82, 2.24) is 0 Å². The summed E-state index contributed by atoms with van der Waals surface area (Å²) < 4.78 is 0. The average molecular weight is 225 g/mol. The van der Waals surface area contributed by atoms with Crippen LogP contribution in [0.2, 0.25) is 0 Å². The predicted octanol–water partition coefficient (Wildman–Crippen LogP) is 1.74. The van der Waals surface area contributed by atoms with E-state index in [9.17, 15) is 9.59 Å². The number of hydrogen-bond acceptors (Lipinski definition) is 5. The van der Waals surface area contributed by atoms with Gasteiger partial charge in [-0.15, -0.1) is 11.6 Å². The molecule has 0 amide bonds. The Morgan fingerprint density at radius 3 is 2.29 bits per heavy atom. The van der Waals surface area contributed by atoms with E-state index in [-0.39, 0.29) is 6.42 Å². The number of hydrogen-bond donors (Lipinski definition) is 0. The smallest absolute Gasteiger partial charge is 0.260 e. The van der Waals surface area contributed by atoms with Crippen LogP contribution in [0.1, 0.15) is 33.6 Å². The molecule has 0 aliphatic heterocycles. The highest BCUT2D eigenvalue weighted by molar-refractivity contribution is 6.33. The van der Waals surface area contributed by atoms with Crippen molar-refractivity contribution >= 4 is 23.5 Å². The van der Waals surface area contributed by atoms with Gasteiger partial charge in [0.1, 0.15) is 4.87 Å². The Morgan fingerprint density at radius 2 is 1.86 bits per heavy atom. The van der Waals surface area contributed by atoms with Crippen LogP contribution in [0.25, 0.3) is 0 Å². The van der Waals surface area contributed by atoms with Crippen LogP contribution < -0.4 is 0 Å². The Labute approximate surface area is 87.1 Å². The molecule has 14 heavy (non-hydrogen) atoms. The minimum atomic E-state index is -1.17. The molecule has 0 aromatic heterocycles. The third-order valence-electron chi connectivity index (χ3n) is 1.61. The summed E-state index contributed by atoms with van der Waals surface area (Å²) in [5.74, 6) is -1.43. The molecule has 1 atom stereocenters. The van der Waals surface area contributed by atoms with E-state index in [0.717, 1.165) is 0 Å². The van der Waals surface area contributed by atoms with E-state index in [1.807, 2.05) is 0 Å². The Balaban J connectivity index is 3.80. The summed E-state index contributed by atoms with van der Waals surface area (Å²) in [4.78, 5) is 28.7. The quantitative estimate of drug-likeness (QED) is 0.404. The minimum Gasteiger partial charge on any atom is -0.260 e. The maximum absolute atomic E-state index is 11.1. The van der Waals surface area contributed by atoms with Crippen LogP contribution in [0.4, 0.5) is 0 Å². The zero-order chi connectivity index (χ0) is 11.2. The van der Waals surface area contributed by atoms with Gasteiger partial charge in [0.2, 0.25) is 0 Å². The molecular weight excluding hydrogens is 212 g/mol. The third kappa shape index (κ3) is 4.43. The molecule has 0 aliphatic carbocycles. The second-order valence-corrected chi connectivity index (χ2v) is 3.63. The first kappa shape index (κ1) is 13.2. The minimum absolute atomic E-state index is 0.128. The van der Waals surface area contributed by atoms with Crippen molar-refractivity contribution in [3.63, 3.8) is 0 Å². The molecule has 0 N–H and O–H groups in total. The molecule has 82 valence electrons. The van der Waals surface area contributed by atoms with Gasteiger partial charge in [-0.25, -0.2) is 9.59 Å². The zero-order valence-corrected chi connectivity index (χ0v) is 9.09. The van der Waals surface area contributed by atoms with E-state index in [2.05, 4.69) is 14.8 Å². The zero-order valence-electron chi connectivity index (χ0n) is 8.33. The van der Waals surface area contributed by atoms with E-state index < -0.39 is 16.8 Å². The van der Waals surface area contributed by atoms with Gasteiger partial charge in [0.05, 0.1) is 0 Å². The highest BCUT2D eigenvalue weighted by Gasteiger charge is 2.31. The second-order valence-electron chi connectivity index (χ2n) is 2.80. The van der Waals surface area contributed by atoms with E-state index in [1.165, 1.54) is 6.92 Å². The van der Waals surface area contributed by atoms with Crippen LogP contribution in [0, 0.1) is 0 Å². The molecule has 0 aromatic carbocycles. The summed E-state index contributed by atoms with van der Waals surface area (Å²) in [6.07, 6.45) is 0.502. The third-order valence-corrected chi connectivity index (χ3v) is 2.04. The molecule has 0 saturated heterocycles. The first-order chi connectivity index (χ1) is 6.44. The Bertz CT molecular complexity index is 214. The molecule has 0 spiro atoms. The molecule has 0 radical (unpaired) electrons. The van der Waals surface area contributed by atoms with Crippen LogP contribution in [-0.2, 0) is 24.4 Å². The van der Waals surface area contributed by atoms with E-state index in [0.29, 0.717) is 6.42 Å². The van der Waals surface area contributed by atoms with Gasteiger partial charge in [0.25, 0.3) is 0 Å². The van der Waals surface area contributed by atoms with Crippen molar-refractivity contribution in [1.29, 1.82) is 0 Å². The number of carbonyl (C=O) groups excluding carboxylic acids is 2. The fourth-order valence-corrected chi connectivity index (χ4v) is 0.407. The number of alkyl halides is 1. The monoisotopic (exact) mass is 224 g/mol. The summed E-state index contributed by atoms with van der Waals surface area (Å²) in [6.45, 7) is 4.76. The number of carbonyl (C=O) groups is 2. The van der Waals surface area contributed by atoms with Gasteiger partial charge >= 0.3 is 11.9 Å². The van der Waals surface area contributed by atoms with Crippen molar-refractivity contribution in [2.75, 3.05) is 0 Å². The SMILES string of the molecule is CCC(=O)OOOC(=O)C(C)(Cl)CC. The summed E-state index contributed by atoms with van der Waals surface area (Å²) in [5, 5.41) is 3.95. The molecule has 0 aromatic rings. The molecule has 1 unspecified atom stereocenters. The summed E-state index contributed by atoms with van der Waals surface area (Å²) in [5.41, 5.74) is 0. The molecule has 6 heteroatoms. The first-order valence-electron chi connectivity index (χ1n) is 4.21. The van der Waals surface area contributed by atoms with Crippen molar-refractivity contribution in [3.8, 4) is 0 Å². The molecule has 0 saturated carbocycles. The predicted molar refractivity (Wildman–Crippen MR) is 48.1 cm³/mol. The summed E-state index contributed by atoms with van der Waals surface area (Å²) >= 11 is 5.73. The van der Waals surface area contributed by atoms with Gasteiger partial charge < -0.3 is 0 Å². The van der Waals surface area contributed by atoms with E-state index in [1.54, 1.807) is 13.8 Å². The standard InChI is InChI=1S/C8H13ClO5/c1-4-6(10)12-14-13-7(11)8(3,9)5-2/h4-5H2,1-3H3. The van der Waals surface area contributed by atoms with Crippen LogP contribution in [0.3, 0.4) is 0 Å². The van der Waals surface area contributed by atoms with Crippen molar-refractivity contribution in [2.24, 2.45) is 0 Å². The molecule has 0 heterocycles. The lowest BCUT2D eigenvalue weighted by Gasteiger charge is -2.14. The maximum atomic E-state index is 11.1. The Morgan fingerprint density at radius 1 is 1.29 bits per heavy atom. The fourth-order valence-electron chi connectivity index (χ4n) is 0.376. The van der Waals surface area contributed by atoms with Gasteiger partial charge in [-0.1, -0.05) is 13.8 Å². The van der Waals surface area contributed by atoms with Gasteiger partial charge in [-0.3, -0.25) is 9.78 Å². The lowest BCUT2D eigenvalue weighted by molar-refractivity contribution is -0.460. The summed E-state index contributed by atoms with van der Waals surface area (Å²) in [6, 6.07) is 0. The number of halogens is 1. The Kier molecular flexibility index (Phi) is 5.49. The van der Waals surface area contributed by atoms with Crippen molar-refractivity contribution < 1.29 is 24.4 Å². The van der Waals surface area contributed by atoms with E-state index >= 15 is 0 Å². The molecule has 5 nitrogen and oxygen atoms in total. The summed E-state index contributed by atoms with van der Waals surface area (Å²) in [7, 11) is 0. The Hall–Kier alpha value is -0.810. The highest BCUT2D eigenvalue weighted by atomic mass is 35.5. The van der Waals surface area contributed by atoms with Crippen LogP contribution in [0.15, 0.2) is 0 Å². The molecule has 0 rings (SSSR count). The van der Waals surface area contributed by atoms with Crippen LogP contribution in [-0.4, -0.2) is 16.8 Å². The largest absolute Gasteiger partial charge is 0.367 e. The average Bonchev–Trinajstić information content (AvgIpc) is 2.17. The molecule has 0 aliphatic rings. The number of rotatable bonds is 5. The highest BCUT2D eigenvalue weighted by Crippen LogP contribution is 2.20. The lowest BCUT2D eigenvalue weighted by atomic mass is 10.1. The normalized spacial score (nSPS) is 14.3. The van der Waals surface area contributed by atoms with Crippen molar-refractivity contribution in [3.05, 3.63) is 0 Å². The van der Waals surface area contributed by atoms with Gasteiger partial charge in [0.15, 0.2) is 0 Å².